The van der Waals surface area contributed by atoms with Gasteiger partial charge in [0.2, 0.25) is 6.29 Å². The summed E-state index contributed by atoms with van der Waals surface area (Å²) >= 11 is 6.27. The highest BCUT2D eigenvalue weighted by Gasteiger charge is 2.32. The number of nitrogens with zero attached hydrogens (tertiary/aromatic N) is 1. The van der Waals surface area contributed by atoms with E-state index in [1.165, 1.54) is 6.07 Å². The van der Waals surface area contributed by atoms with E-state index >= 15 is 0 Å². The summed E-state index contributed by atoms with van der Waals surface area (Å²) in [4.78, 5) is 15.1. The largest absolute Gasteiger partial charge is 0.428 e. The van der Waals surface area contributed by atoms with Gasteiger partial charge in [-0.1, -0.05) is 0 Å². The molecule has 68 valence electrons. The number of fused-ring (bicyclic) bond motifs is 1. The first-order valence-electron chi connectivity index (χ1n) is 3.34. The summed E-state index contributed by atoms with van der Waals surface area (Å²) in [7, 11) is 0. The highest BCUT2D eigenvalue weighted by Crippen LogP contribution is 2.34. The molecule has 0 aromatic carbocycles. The van der Waals surface area contributed by atoms with Crippen molar-refractivity contribution in [2.45, 2.75) is 6.29 Å². The van der Waals surface area contributed by atoms with Crippen LogP contribution in [0.15, 0.2) is 15.3 Å². The second-order valence-electron chi connectivity index (χ2n) is 2.45. The van der Waals surface area contributed by atoms with Crippen molar-refractivity contribution < 1.29 is 14.6 Å². The van der Waals surface area contributed by atoms with E-state index in [0.29, 0.717) is 20.3 Å². The Hall–Kier alpha value is -0.460. The number of ether oxygens (including phenoxy) is 1. The van der Waals surface area contributed by atoms with Crippen LogP contribution in [0.2, 0.25) is 0 Å². The lowest BCUT2D eigenvalue weighted by Gasteiger charge is -2.02. The fourth-order valence-electron chi connectivity index (χ4n) is 1.12. The van der Waals surface area contributed by atoms with Crippen LogP contribution in [0.5, 0.6) is 0 Å². The van der Waals surface area contributed by atoms with Gasteiger partial charge in [0, 0.05) is 0 Å². The van der Waals surface area contributed by atoms with Crippen LogP contribution in [0.4, 0.5) is 0 Å². The Morgan fingerprint density at radius 1 is 1.54 bits per heavy atom. The maximum atomic E-state index is 11.1. The van der Waals surface area contributed by atoms with Crippen molar-refractivity contribution in [3.8, 4) is 0 Å². The predicted octanol–water partition coefficient (Wildman–Crippen LogP) is 1.77. The number of hydrogen-bond acceptors (Lipinski definition) is 4. The SMILES string of the molecule is O=C1OC(O)c2c1cc(Br)nc2Br. The fourth-order valence-corrected chi connectivity index (χ4v) is 2.37. The number of halogens is 2. The van der Waals surface area contributed by atoms with E-state index in [9.17, 15) is 9.90 Å². The summed E-state index contributed by atoms with van der Waals surface area (Å²) in [6, 6.07) is 1.51. The monoisotopic (exact) mass is 307 g/mol. The van der Waals surface area contributed by atoms with E-state index in [4.69, 9.17) is 0 Å². The Bertz CT molecular complexity index is 394. The first kappa shape index (κ1) is 9.11. The van der Waals surface area contributed by atoms with Gasteiger partial charge in [0.05, 0.1) is 11.1 Å². The summed E-state index contributed by atoms with van der Waals surface area (Å²) in [6.45, 7) is 0. The van der Waals surface area contributed by atoms with E-state index in [0.717, 1.165) is 0 Å². The molecule has 4 nitrogen and oxygen atoms in total. The van der Waals surface area contributed by atoms with E-state index in [1.54, 1.807) is 0 Å². The fraction of sp³-hybridized carbons (Fsp3) is 0.143. The van der Waals surface area contributed by atoms with Crippen LogP contribution >= 0.6 is 31.9 Å². The van der Waals surface area contributed by atoms with Crippen molar-refractivity contribution in [2.75, 3.05) is 0 Å². The van der Waals surface area contributed by atoms with E-state index in [-0.39, 0.29) is 0 Å². The summed E-state index contributed by atoms with van der Waals surface area (Å²) < 4.78 is 5.52. The minimum atomic E-state index is -1.21. The standard InChI is InChI=1S/C7H3Br2NO3/c8-3-1-2-4(5(9)10-3)7(12)13-6(2)11/h1,7,12H. The van der Waals surface area contributed by atoms with Crippen molar-refractivity contribution >= 4 is 37.8 Å². The van der Waals surface area contributed by atoms with Crippen molar-refractivity contribution in [2.24, 2.45) is 0 Å². The zero-order valence-electron chi connectivity index (χ0n) is 6.12. The predicted molar refractivity (Wildman–Crippen MR) is 50.0 cm³/mol. The van der Waals surface area contributed by atoms with Crippen molar-refractivity contribution in [3.05, 3.63) is 26.4 Å². The normalized spacial score (nSPS) is 19.9. The van der Waals surface area contributed by atoms with Gasteiger partial charge in [0.25, 0.3) is 0 Å². The van der Waals surface area contributed by atoms with Crippen LogP contribution in [0.1, 0.15) is 22.2 Å². The second kappa shape index (κ2) is 3.04. The molecule has 1 atom stereocenters. The Morgan fingerprint density at radius 3 is 2.92 bits per heavy atom. The molecule has 1 aromatic heterocycles. The smallest absolute Gasteiger partial charge is 0.341 e. The summed E-state index contributed by atoms with van der Waals surface area (Å²) in [6.07, 6.45) is -1.21. The molecule has 2 heterocycles. The molecule has 0 radical (unpaired) electrons. The molecule has 0 saturated carbocycles. The van der Waals surface area contributed by atoms with Gasteiger partial charge >= 0.3 is 5.97 Å². The minimum Gasteiger partial charge on any atom is -0.428 e. The zero-order chi connectivity index (χ0) is 9.59. The lowest BCUT2D eigenvalue weighted by atomic mass is 10.2. The number of carbonyl (C=O) groups is 1. The molecule has 0 spiro atoms. The molecular weight excluding hydrogens is 306 g/mol. The van der Waals surface area contributed by atoms with Crippen LogP contribution < -0.4 is 0 Å². The molecular formula is C7H3Br2NO3. The van der Waals surface area contributed by atoms with Crippen molar-refractivity contribution in [1.29, 1.82) is 0 Å². The molecule has 0 aliphatic carbocycles. The third-order valence-electron chi connectivity index (χ3n) is 1.67. The molecule has 1 aliphatic rings. The van der Waals surface area contributed by atoms with Gasteiger partial charge in [-0.05, 0) is 37.9 Å². The van der Waals surface area contributed by atoms with Gasteiger partial charge < -0.3 is 9.84 Å². The second-order valence-corrected chi connectivity index (χ2v) is 4.02. The number of aromatic nitrogens is 1. The van der Waals surface area contributed by atoms with E-state index in [2.05, 4.69) is 41.6 Å². The zero-order valence-corrected chi connectivity index (χ0v) is 9.29. The molecule has 0 saturated heterocycles. The average molecular weight is 309 g/mol. The summed E-state index contributed by atoms with van der Waals surface area (Å²) in [5, 5.41) is 9.30. The van der Waals surface area contributed by atoms with Gasteiger partial charge in [0.1, 0.15) is 9.21 Å². The van der Waals surface area contributed by atoms with Crippen molar-refractivity contribution in [3.63, 3.8) is 0 Å². The molecule has 0 bridgehead atoms. The number of hydrogen-bond donors (Lipinski definition) is 1. The van der Waals surface area contributed by atoms with Gasteiger partial charge in [-0.3, -0.25) is 0 Å². The Labute approximate surface area is 90.2 Å². The average Bonchev–Trinajstić information content (AvgIpc) is 2.27. The van der Waals surface area contributed by atoms with Gasteiger partial charge in [-0.25, -0.2) is 9.78 Å². The van der Waals surface area contributed by atoms with Gasteiger partial charge in [0.15, 0.2) is 0 Å². The molecule has 13 heavy (non-hydrogen) atoms. The number of pyridine rings is 1. The number of aliphatic hydroxyl groups excluding tert-OH is 1. The number of esters is 1. The number of aliphatic hydroxyl groups is 1. The molecule has 2 rings (SSSR count). The first-order valence-corrected chi connectivity index (χ1v) is 4.93. The highest BCUT2D eigenvalue weighted by atomic mass is 79.9. The number of rotatable bonds is 0. The lowest BCUT2D eigenvalue weighted by Crippen LogP contribution is -1.96. The molecule has 1 aromatic rings. The minimum absolute atomic E-state index is 0.334. The Balaban J connectivity index is 2.69. The van der Waals surface area contributed by atoms with Gasteiger partial charge in [-0.2, -0.15) is 0 Å². The Morgan fingerprint density at radius 2 is 2.23 bits per heavy atom. The molecule has 1 unspecified atom stereocenters. The third kappa shape index (κ3) is 1.38. The maximum absolute atomic E-state index is 11.1. The highest BCUT2D eigenvalue weighted by molar-refractivity contribution is 9.11. The molecule has 0 fully saturated rings. The quantitative estimate of drug-likeness (QED) is 0.586. The first-order chi connectivity index (χ1) is 6.09. The van der Waals surface area contributed by atoms with Crippen LogP contribution in [0.25, 0.3) is 0 Å². The van der Waals surface area contributed by atoms with E-state index < -0.39 is 12.3 Å². The maximum Gasteiger partial charge on any atom is 0.341 e. The molecule has 6 heteroatoms. The number of cyclic esters (lactones) is 1. The van der Waals surface area contributed by atoms with Crippen LogP contribution in [-0.2, 0) is 4.74 Å². The van der Waals surface area contributed by atoms with Crippen LogP contribution in [-0.4, -0.2) is 16.1 Å². The van der Waals surface area contributed by atoms with Crippen LogP contribution in [0.3, 0.4) is 0 Å². The van der Waals surface area contributed by atoms with Crippen LogP contribution in [0, 0.1) is 0 Å². The van der Waals surface area contributed by atoms with E-state index in [1.807, 2.05) is 0 Å². The molecule has 1 N–H and O–H groups in total. The topological polar surface area (TPSA) is 59.4 Å². The Kier molecular flexibility index (Phi) is 2.13. The molecule has 0 amide bonds. The van der Waals surface area contributed by atoms with Crippen molar-refractivity contribution in [1.82, 2.24) is 4.98 Å². The number of carbonyl (C=O) groups excluding carboxylic acids is 1. The molecule has 1 aliphatic heterocycles. The third-order valence-corrected chi connectivity index (χ3v) is 2.68. The summed E-state index contributed by atoms with van der Waals surface area (Å²) in [5.41, 5.74) is 0.717. The summed E-state index contributed by atoms with van der Waals surface area (Å²) in [5.74, 6) is -0.536. The van der Waals surface area contributed by atoms with Gasteiger partial charge in [-0.15, -0.1) is 0 Å². The lowest BCUT2D eigenvalue weighted by molar-refractivity contribution is -0.0552.